The van der Waals surface area contributed by atoms with Crippen LogP contribution in [0.5, 0.6) is 5.75 Å². The molecular formula is C24H31N7O3. The fraction of sp³-hybridized carbons (Fsp3) is 0.417. The highest BCUT2D eigenvalue weighted by atomic mass is 16.5. The number of ether oxygens (including phenoxy) is 2. The molecule has 0 radical (unpaired) electrons. The van der Waals surface area contributed by atoms with Gasteiger partial charge in [-0.1, -0.05) is 6.08 Å². The Morgan fingerprint density at radius 2 is 2.03 bits per heavy atom. The molecule has 0 saturated carbocycles. The van der Waals surface area contributed by atoms with Crippen molar-refractivity contribution in [3.05, 3.63) is 42.7 Å². The molecule has 10 nitrogen and oxygen atoms in total. The van der Waals surface area contributed by atoms with E-state index < -0.39 is 0 Å². The third-order valence-corrected chi connectivity index (χ3v) is 5.75. The van der Waals surface area contributed by atoms with Gasteiger partial charge in [-0.25, -0.2) is 14.6 Å². The number of carbonyl (C=O) groups is 1. The number of likely N-dealkylation sites (tertiary alicyclic amines) is 1. The molecule has 1 atom stereocenters. The van der Waals surface area contributed by atoms with Crippen LogP contribution >= 0.6 is 0 Å². The van der Waals surface area contributed by atoms with Crippen molar-refractivity contribution in [1.82, 2.24) is 29.5 Å². The van der Waals surface area contributed by atoms with Crippen molar-refractivity contribution >= 4 is 22.8 Å². The lowest BCUT2D eigenvalue weighted by atomic mass is 10.1. The maximum atomic E-state index is 12.6. The molecule has 0 spiro atoms. The smallest absolute Gasteiger partial charge is 0.246 e. The van der Waals surface area contributed by atoms with Gasteiger partial charge in [0.05, 0.1) is 18.0 Å². The fourth-order valence-corrected chi connectivity index (χ4v) is 4.02. The second-order valence-corrected chi connectivity index (χ2v) is 8.51. The van der Waals surface area contributed by atoms with Gasteiger partial charge in [0.1, 0.15) is 30.2 Å². The van der Waals surface area contributed by atoms with E-state index in [1.54, 1.807) is 13.2 Å². The molecule has 1 aromatic carbocycles. The summed E-state index contributed by atoms with van der Waals surface area (Å²) in [7, 11) is 5.58. The van der Waals surface area contributed by atoms with Gasteiger partial charge >= 0.3 is 0 Å². The van der Waals surface area contributed by atoms with Gasteiger partial charge in [0.15, 0.2) is 5.65 Å². The number of nitrogen functional groups attached to an aromatic ring is 1. The Labute approximate surface area is 199 Å². The quantitative estimate of drug-likeness (QED) is 0.377. The van der Waals surface area contributed by atoms with Gasteiger partial charge in [-0.2, -0.15) is 5.10 Å². The maximum absolute atomic E-state index is 12.6. The van der Waals surface area contributed by atoms with Crippen LogP contribution in [0.25, 0.3) is 22.3 Å². The molecule has 3 aromatic rings. The number of aromatic nitrogens is 4. The number of likely N-dealkylation sites (N-methyl/N-ethyl adjacent to an activating group) is 1. The van der Waals surface area contributed by atoms with Crippen molar-refractivity contribution in [3.63, 3.8) is 0 Å². The summed E-state index contributed by atoms with van der Waals surface area (Å²) in [6.45, 7) is 2.97. The Morgan fingerprint density at radius 1 is 1.24 bits per heavy atom. The van der Waals surface area contributed by atoms with Crippen LogP contribution < -0.4 is 10.5 Å². The molecule has 10 heteroatoms. The Hall–Kier alpha value is -3.50. The summed E-state index contributed by atoms with van der Waals surface area (Å²) in [5.41, 5.74) is 8.53. The maximum Gasteiger partial charge on any atom is 0.246 e. The molecule has 1 amide bonds. The van der Waals surface area contributed by atoms with Crippen LogP contribution in [0, 0.1) is 0 Å². The summed E-state index contributed by atoms with van der Waals surface area (Å²) in [5, 5.41) is 5.61. The fourth-order valence-electron chi connectivity index (χ4n) is 4.02. The minimum absolute atomic E-state index is 0.00778. The Kier molecular flexibility index (Phi) is 7.39. The SMILES string of the molecule is COCCOc1ccc(-c2nn([C@@H]3CCN(C(=O)C=CCN(C)C)C3)c3ncnc(N)c23)cc1. The van der Waals surface area contributed by atoms with Crippen LogP contribution in [-0.2, 0) is 9.53 Å². The van der Waals surface area contributed by atoms with E-state index in [4.69, 9.17) is 20.3 Å². The number of hydrogen-bond donors (Lipinski definition) is 1. The van der Waals surface area contributed by atoms with Crippen LogP contribution in [-0.4, -0.2) is 89.5 Å². The average molecular weight is 466 g/mol. The van der Waals surface area contributed by atoms with E-state index in [1.807, 2.05) is 58.9 Å². The van der Waals surface area contributed by atoms with Crippen LogP contribution in [0.3, 0.4) is 0 Å². The first-order chi connectivity index (χ1) is 16.5. The largest absolute Gasteiger partial charge is 0.491 e. The molecule has 0 unspecified atom stereocenters. The first kappa shape index (κ1) is 23.7. The molecule has 2 N–H and O–H groups in total. The molecule has 1 aliphatic heterocycles. The number of nitrogens with zero attached hydrogens (tertiary/aromatic N) is 6. The minimum Gasteiger partial charge on any atom is -0.491 e. The van der Waals surface area contributed by atoms with Crippen molar-refractivity contribution in [2.45, 2.75) is 12.5 Å². The summed E-state index contributed by atoms with van der Waals surface area (Å²) in [4.78, 5) is 25.1. The van der Waals surface area contributed by atoms with Crippen LogP contribution in [0.2, 0.25) is 0 Å². The standard InChI is InChI=1S/C24H31N7O3/c1-29(2)11-4-5-20(32)30-12-10-18(15-30)31-24-21(23(25)26-16-27-24)22(28-31)17-6-8-19(9-7-17)34-14-13-33-3/h4-9,16,18H,10-15H2,1-3H3,(H2,25,26,27)/t18-/m1/s1. The lowest BCUT2D eigenvalue weighted by molar-refractivity contribution is -0.125. The summed E-state index contributed by atoms with van der Waals surface area (Å²) < 4.78 is 12.6. The predicted octanol–water partition coefficient (Wildman–Crippen LogP) is 1.99. The summed E-state index contributed by atoms with van der Waals surface area (Å²) in [6.07, 6.45) is 5.77. The monoisotopic (exact) mass is 465 g/mol. The van der Waals surface area contributed by atoms with E-state index in [0.717, 1.165) is 24.3 Å². The Balaban J connectivity index is 1.58. The van der Waals surface area contributed by atoms with E-state index in [1.165, 1.54) is 6.33 Å². The molecule has 1 fully saturated rings. The molecule has 0 aliphatic carbocycles. The number of carbonyl (C=O) groups excluding carboxylic acids is 1. The number of methoxy groups -OCH3 is 1. The number of rotatable bonds is 9. The molecule has 1 aliphatic rings. The van der Waals surface area contributed by atoms with Gasteiger partial charge in [-0.3, -0.25) is 4.79 Å². The van der Waals surface area contributed by atoms with Crippen molar-refractivity contribution in [2.75, 3.05) is 59.8 Å². The average Bonchev–Trinajstić information content (AvgIpc) is 3.45. The molecule has 3 heterocycles. The van der Waals surface area contributed by atoms with Gasteiger partial charge < -0.3 is 25.0 Å². The number of benzene rings is 1. The molecule has 0 bridgehead atoms. The van der Waals surface area contributed by atoms with Crippen molar-refractivity contribution in [3.8, 4) is 17.0 Å². The van der Waals surface area contributed by atoms with Gasteiger partial charge in [0, 0.05) is 38.4 Å². The van der Waals surface area contributed by atoms with Crippen molar-refractivity contribution in [1.29, 1.82) is 0 Å². The topological polar surface area (TPSA) is 112 Å². The summed E-state index contributed by atoms with van der Waals surface area (Å²) in [6, 6.07) is 7.69. The Morgan fingerprint density at radius 3 is 2.76 bits per heavy atom. The first-order valence-electron chi connectivity index (χ1n) is 11.3. The second kappa shape index (κ2) is 10.6. The lowest BCUT2D eigenvalue weighted by Gasteiger charge is -2.15. The van der Waals surface area contributed by atoms with E-state index in [9.17, 15) is 4.79 Å². The number of amides is 1. The highest BCUT2D eigenvalue weighted by Crippen LogP contribution is 2.34. The number of fused-ring (bicyclic) bond motifs is 1. The molecular weight excluding hydrogens is 434 g/mol. The van der Waals surface area contributed by atoms with E-state index >= 15 is 0 Å². The molecule has 2 aromatic heterocycles. The van der Waals surface area contributed by atoms with Gasteiger partial charge in [0.25, 0.3) is 0 Å². The first-order valence-corrected chi connectivity index (χ1v) is 11.3. The van der Waals surface area contributed by atoms with Crippen LogP contribution in [0.15, 0.2) is 42.7 Å². The highest BCUT2D eigenvalue weighted by molar-refractivity contribution is 5.98. The van der Waals surface area contributed by atoms with E-state index in [2.05, 4.69) is 9.97 Å². The lowest BCUT2D eigenvalue weighted by Crippen LogP contribution is -2.28. The number of nitrogens with two attached hydrogens (primary N) is 1. The Bertz CT molecular complexity index is 1160. The molecule has 34 heavy (non-hydrogen) atoms. The normalized spacial score (nSPS) is 16.2. The third-order valence-electron chi connectivity index (χ3n) is 5.75. The predicted molar refractivity (Wildman–Crippen MR) is 130 cm³/mol. The minimum atomic E-state index is 0.00778. The van der Waals surface area contributed by atoms with Crippen LogP contribution in [0.4, 0.5) is 5.82 Å². The van der Waals surface area contributed by atoms with Crippen LogP contribution in [0.1, 0.15) is 12.5 Å². The summed E-state index contributed by atoms with van der Waals surface area (Å²) >= 11 is 0. The zero-order chi connectivity index (χ0) is 24.1. The van der Waals surface area contributed by atoms with Gasteiger partial charge in [0.2, 0.25) is 5.91 Å². The zero-order valence-corrected chi connectivity index (χ0v) is 19.8. The number of anilines is 1. The van der Waals surface area contributed by atoms with Crippen molar-refractivity contribution < 1.29 is 14.3 Å². The van der Waals surface area contributed by atoms with Crippen molar-refractivity contribution in [2.24, 2.45) is 0 Å². The molecule has 4 rings (SSSR count). The van der Waals surface area contributed by atoms with Gasteiger partial charge in [-0.15, -0.1) is 0 Å². The number of hydrogen-bond acceptors (Lipinski definition) is 8. The zero-order valence-electron chi connectivity index (χ0n) is 19.8. The molecule has 1 saturated heterocycles. The van der Waals surface area contributed by atoms with Gasteiger partial charge in [-0.05, 0) is 44.8 Å². The van der Waals surface area contributed by atoms with E-state index in [-0.39, 0.29) is 11.9 Å². The van der Waals surface area contributed by atoms with E-state index in [0.29, 0.717) is 48.8 Å². The summed E-state index contributed by atoms with van der Waals surface area (Å²) in [5.74, 6) is 1.14. The third kappa shape index (κ3) is 5.18. The second-order valence-electron chi connectivity index (χ2n) is 8.51. The highest BCUT2D eigenvalue weighted by Gasteiger charge is 2.30. The molecule has 180 valence electrons.